The number of rotatable bonds is 7. The van der Waals surface area contributed by atoms with E-state index < -0.39 is 0 Å². The standard InChI is InChI=1S/C13H20ClN3O2/c1-4-17(8-14)6-5-15-13(19)12-9(2)11(7-18)16-10(12)3/h7,16H,4-6,8H2,1-3H3,(H,15,19). The predicted octanol–water partition coefficient (Wildman–Crippen LogP) is 1.69. The fraction of sp³-hybridized carbons (Fsp3) is 0.538. The summed E-state index contributed by atoms with van der Waals surface area (Å²) in [6.07, 6.45) is 0.728. The van der Waals surface area contributed by atoms with Gasteiger partial charge in [-0.3, -0.25) is 14.5 Å². The second-order valence-corrected chi connectivity index (χ2v) is 4.61. The van der Waals surface area contributed by atoms with Crippen LogP contribution in [0.25, 0.3) is 0 Å². The molecular weight excluding hydrogens is 266 g/mol. The number of amides is 1. The average Bonchev–Trinajstić information content (AvgIpc) is 2.69. The zero-order valence-electron chi connectivity index (χ0n) is 11.5. The van der Waals surface area contributed by atoms with Crippen molar-refractivity contribution in [2.75, 3.05) is 25.6 Å². The smallest absolute Gasteiger partial charge is 0.253 e. The van der Waals surface area contributed by atoms with Crippen molar-refractivity contribution in [1.29, 1.82) is 0 Å². The Labute approximate surface area is 118 Å². The normalized spacial score (nSPS) is 10.8. The monoisotopic (exact) mass is 285 g/mol. The van der Waals surface area contributed by atoms with Gasteiger partial charge in [0.1, 0.15) is 0 Å². The molecule has 1 aromatic rings. The Morgan fingerprint density at radius 3 is 2.63 bits per heavy atom. The van der Waals surface area contributed by atoms with Gasteiger partial charge in [0.2, 0.25) is 0 Å². The van der Waals surface area contributed by atoms with Gasteiger partial charge in [0, 0.05) is 18.8 Å². The maximum absolute atomic E-state index is 12.1. The first-order valence-corrected chi connectivity index (χ1v) is 6.79. The molecule has 0 spiro atoms. The lowest BCUT2D eigenvalue weighted by atomic mass is 10.1. The van der Waals surface area contributed by atoms with Crippen molar-refractivity contribution in [1.82, 2.24) is 15.2 Å². The van der Waals surface area contributed by atoms with E-state index in [0.29, 0.717) is 41.6 Å². The number of hydrogen-bond donors (Lipinski definition) is 2. The molecule has 0 bridgehead atoms. The highest BCUT2D eigenvalue weighted by Crippen LogP contribution is 2.16. The molecule has 0 aliphatic carbocycles. The fourth-order valence-electron chi connectivity index (χ4n) is 1.95. The summed E-state index contributed by atoms with van der Waals surface area (Å²) in [7, 11) is 0. The highest BCUT2D eigenvalue weighted by molar-refractivity contribution is 6.17. The Morgan fingerprint density at radius 2 is 2.16 bits per heavy atom. The number of likely N-dealkylation sites (N-methyl/N-ethyl adjacent to an activating group) is 1. The first-order chi connectivity index (χ1) is 9.04. The summed E-state index contributed by atoms with van der Waals surface area (Å²) in [5.41, 5.74) is 2.41. The number of carbonyl (C=O) groups is 2. The molecule has 0 saturated carbocycles. The molecule has 0 aliphatic rings. The highest BCUT2D eigenvalue weighted by atomic mass is 35.5. The molecule has 106 valence electrons. The van der Waals surface area contributed by atoms with E-state index in [0.717, 1.165) is 12.8 Å². The summed E-state index contributed by atoms with van der Waals surface area (Å²) in [6, 6.07) is 0.448. The number of aldehydes is 1. The second-order valence-electron chi connectivity index (χ2n) is 4.37. The summed E-state index contributed by atoms with van der Waals surface area (Å²) in [5.74, 6) is -0.162. The van der Waals surface area contributed by atoms with E-state index in [1.165, 1.54) is 0 Å². The van der Waals surface area contributed by atoms with Gasteiger partial charge in [0.15, 0.2) is 6.29 Å². The van der Waals surface area contributed by atoms with Crippen LogP contribution in [0.15, 0.2) is 0 Å². The summed E-state index contributed by atoms with van der Waals surface area (Å²) in [5, 5.41) is 2.84. The van der Waals surface area contributed by atoms with Crippen molar-refractivity contribution >= 4 is 23.8 Å². The Hall–Kier alpha value is -1.33. The van der Waals surface area contributed by atoms with Crippen LogP contribution in [0.4, 0.5) is 0 Å². The molecule has 5 nitrogen and oxygen atoms in total. The van der Waals surface area contributed by atoms with E-state index in [4.69, 9.17) is 11.6 Å². The minimum atomic E-state index is -0.162. The van der Waals surface area contributed by atoms with Crippen LogP contribution in [0.5, 0.6) is 0 Å². The molecule has 19 heavy (non-hydrogen) atoms. The molecule has 1 aromatic heterocycles. The Balaban J connectivity index is 2.64. The van der Waals surface area contributed by atoms with E-state index >= 15 is 0 Å². The van der Waals surface area contributed by atoms with Gasteiger partial charge < -0.3 is 10.3 Å². The minimum Gasteiger partial charge on any atom is -0.356 e. The molecule has 0 saturated heterocycles. The van der Waals surface area contributed by atoms with E-state index in [2.05, 4.69) is 10.3 Å². The van der Waals surface area contributed by atoms with E-state index in [1.54, 1.807) is 13.8 Å². The van der Waals surface area contributed by atoms with Crippen LogP contribution in [0.3, 0.4) is 0 Å². The van der Waals surface area contributed by atoms with Gasteiger partial charge in [-0.05, 0) is 26.0 Å². The van der Waals surface area contributed by atoms with Crippen LogP contribution < -0.4 is 5.32 Å². The number of aromatic amines is 1. The van der Waals surface area contributed by atoms with Crippen LogP contribution in [-0.4, -0.2) is 47.7 Å². The van der Waals surface area contributed by atoms with Gasteiger partial charge in [0.25, 0.3) is 5.91 Å². The Morgan fingerprint density at radius 1 is 1.47 bits per heavy atom. The van der Waals surface area contributed by atoms with Crippen molar-refractivity contribution < 1.29 is 9.59 Å². The number of aryl methyl sites for hydroxylation is 1. The topological polar surface area (TPSA) is 65.2 Å². The largest absolute Gasteiger partial charge is 0.356 e. The summed E-state index contributed by atoms with van der Waals surface area (Å²) < 4.78 is 0. The van der Waals surface area contributed by atoms with Gasteiger partial charge in [0.05, 0.1) is 17.3 Å². The van der Waals surface area contributed by atoms with Gasteiger partial charge >= 0.3 is 0 Å². The number of H-pyrrole nitrogens is 1. The highest BCUT2D eigenvalue weighted by Gasteiger charge is 2.17. The molecule has 0 fully saturated rings. The summed E-state index contributed by atoms with van der Waals surface area (Å²) in [6.45, 7) is 7.64. The van der Waals surface area contributed by atoms with Crippen LogP contribution in [0.1, 0.15) is 39.0 Å². The van der Waals surface area contributed by atoms with E-state index in [-0.39, 0.29) is 5.91 Å². The predicted molar refractivity (Wildman–Crippen MR) is 76.0 cm³/mol. The first-order valence-electron chi connectivity index (χ1n) is 6.26. The number of alkyl halides is 1. The van der Waals surface area contributed by atoms with E-state index in [9.17, 15) is 9.59 Å². The van der Waals surface area contributed by atoms with Gasteiger partial charge in [-0.25, -0.2) is 0 Å². The van der Waals surface area contributed by atoms with Crippen LogP contribution in [-0.2, 0) is 0 Å². The van der Waals surface area contributed by atoms with Crippen LogP contribution >= 0.6 is 11.6 Å². The Bertz CT molecular complexity index is 453. The number of nitrogens with zero attached hydrogens (tertiary/aromatic N) is 1. The van der Waals surface area contributed by atoms with Crippen molar-refractivity contribution in [3.63, 3.8) is 0 Å². The lowest BCUT2D eigenvalue weighted by Gasteiger charge is -2.16. The maximum atomic E-state index is 12.1. The third-order valence-corrected chi connectivity index (χ3v) is 3.49. The quantitative estimate of drug-likeness (QED) is 0.455. The van der Waals surface area contributed by atoms with Gasteiger partial charge in [-0.15, -0.1) is 11.6 Å². The molecule has 1 amide bonds. The van der Waals surface area contributed by atoms with Crippen LogP contribution in [0, 0.1) is 13.8 Å². The lowest BCUT2D eigenvalue weighted by Crippen LogP contribution is -2.34. The molecule has 2 N–H and O–H groups in total. The Kier molecular flexibility index (Phi) is 6.05. The molecule has 0 unspecified atom stereocenters. The number of aromatic nitrogens is 1. The van der Waals surface area contributed by atoms with Crippen LogP contribution in [0.2, 0.25) is 0 Å². The fourth-order valence-corrected chi connectivity index (χ4v) is 2.24. The lowest BCUT2D eigenvalue weighted by molar-refractivity contribution is 0.0948. The van der Waals surface area contributed by atoms with E-state index in [1.807, 2.05) is 11.8 Å². The zero-order valence-corrected chi connectivity index (χ0v) is 12.3. The molecule has 1 heterocycles. The first kappa shape index (κ1) is 15.7. The zero-order chi connectivity index (χ0) is 14.4. The van der Waals surface area contributed by atoms with Gasteiger partial charge in [-0.1, -0.05) is 6.92 Å². The van der Waals surface area contributed by atoms with Crippen molar-refractivity contribution in [2.24, 2.45) is 0 Å². The molecule has 0 aromatic carbocycles. The van der Waals surface area contributed by atoms with Crippen molar-refractivity contribution in [3.05, 3.63) is 22.5 Å². The van der Waals surface area contributed by atoms with Crippen molar-refractivity contribution in [3.8, 4) is 0 Å². The third-order valence-electron chi connectivity index (χ3n) is 3.15. The molecular formula is C13H20ClN3O2. The molecule has 6 heteroatoms. The number of nitrogens with one attached hydrogen (secondary N) is 2. The number of carbonyl (C=O) groups excluding carboxylic acids is 2. The number of halogens is 1. The maximum Gasteiger partial charge on any atom is 0.253 e. The molecule has 0 radical (unpaired) electrons. The SMILES string of the molecule is CCN(CCl)CCNC(=O)c1c(C)[nH]c(C=O)c1C. The average molecular weight is 286 g/mol. The molecule has 0 aliphatic heterocycles. The molecule has 1 rings (SSSR count). The van der Waals surface area contributed by atoms with Crippen molar-refractivity contribution in [2.45, 2.75) is 20.8 Å². The summed E-state index contributed by atoms with van der Waals surface area (Å²) >= 11 is 5.74. The summed E-state index contributed by atoms with van der Waals surface area (Å²) in [4.78, 5) is 27.8. The van der Waals surface area contributed by atoms with Gasteiger partial charge in [-0.2, -0.15) is 0 Å². The molecule has 0 atom stereocenters. The third kappa shape index (κ3) is 3.81. The second kappa shape index (κ2) is 7.31. The number of hydrogen-bond acceptors (Lipinski definition) is 3. The minimum absolute atomic E-state index is 0.162.